The third kappa shape index (κ3) is 4.12. The monoisotopic (exact) mass is 284 g/mol. The zero-order chi connectivity index (χ0) is 11.8. The summed E-state index contributed by atoms with van der Waals surface area (Å²) < 4.78 is 1.10. The maximum Gasteiger partial charge on any atom is 0.142 e. The SMILES string of the molecule is CCCCN(CCCC)c1ncccc1Br. The highest BCUT2D eigenvalue weighted by Gasteiger charge is 2.09. The predicted octanol–water partition coefficient (Wildman–Crippen LogP) is 4.25. The molecule has 3 heteroatoms. The van der Waals surface area contributed by atoms with Crippen molar-refractivity contribution in [1.82, 2.24) is 4.98 Å². The molecule has 2 nitrogen and oxygen atoms in total. The smallest absolute Gasteiger partial charge is 0.142 e. The first kappa shape index (κ1) is 13.5. The first-order valence-corrected chi connectivity index (χ1v) is 6.94. The van der Waals surface area contributed by atoms with Gasteiger partial charge in [0.25, 0.3) is 0 Å². The van der Waals surface area contributed by atoms with Gasteiger partial charge in [0.05, 0.1) is 4.47 Å². The average molecular weight is 285 g/mol. The molecule has 1 rings (SSSR count). The zero-order valence-electron chi connectivity index (χ0n) is 10.2. The fraction of sp³-hybridized carbons (Fsp3) is 0.615. The number of rotatable bonds is 7. The van der Waals surface area contributed by atoms with Gasteiger partial charge < -0.3 is 4.90 Å². The molecule has 0 bridgehead atoms. The van der Waals surface area contributed by atoms with E-state index in [0.29, 0.717) is 0 Å². The fourth-order valence-electron chi connectivity index (χ4n) is 1.63. The van der Waals surface area contributed by atoms with Crippen LogP contribution in [-0.4, -0.2) is 18.1 Å². The van der Waals surface area contributed by atoms with Gasteiger partial charge in [-0.25, -0.2) is 4.98 Å². The highest BCUT2D eigenvalue weighted by molar-refractivity contribution is 9.10. The first-order chi connectivity index (χ1) is 7.79. The lowest BCUT2D eigenvalue weighted by Gasteiger charge is -2.24. The van der Waals surface area contributed by atoms with E-state index in [0.717, 1.165) is 23.4 Å². The van der Waals surface area contributed by atoms with Gasteiger partial charge in [0.1, 0.15) is 5.82 Å². The highest BCUT2D eigenvalue weighted by atomic mass is 79.9. The summed E-state index contributed by atoms with van der Waals surface area (Å²) in [6.45, 7) is 6.66. The molecule has 0 amide bonds. The highest BCUT2D eigenvalue weighted by Crippen LogP contribution is 2.23. The minimum atomic E-state index is 1.09. The second-order valence-corrected chi connectivity index (χ2v) is 4.86. The Bertz CT molecular complexity index is 294. The van der Waals surface area contributed by atoms with Crippen LogP contribution in [0.25, 0.3) is 0 Å². The number of anilines is 1. The summed E-state index contributed by atoms with van der Waals surface area (Å²) in [5, 5.41) is 0. The van der Waals surface area contributed by atoms with Crippen molar-refractivity contribution in [3.63, 3.8) is 0 Å². The van der Waals surface area contributed by atoms with Crippen LogP contribution in [0.4, 0.5) is 5.82 Å². The lowest BCUT2D eigenvalue weighted by atomic mass is 10.2. The molecule has 0 spiro atoms. The quantitative estimate of drug-likeness (QED) is 0.744. The molecular formula is C13H21BrN2. The Morgan fingerprint density at radius 1 is 1.19 bits per heavy atom. The van der Waals surface area contributed by atoms with Crippen LogP contribution in [0.5, 0.6) is 0 Å². The fourth-order valence-corrected chi connectivity index (χ4v) is 2.14. The summed E-state index contributed by atoms with van der Waals surface area (Å²) in [5.74, 6) is 1.09. The van der Waals surface area contributed by atoms with Crippen molar-refractivity contribution in [3.05, 3.63) is 22.8 Å². The zero-order valence-corrected chi connectivity index (χ0v) is 11.8. The third-order valence-corrected chi connectivity index (χ3v) is 3.22. The molecule has 1 aromatic rings. The van der Waals surface area contributed by atoms with Gasteiger partial charge in [0, 0.05) is 19.3 Å². The number of hydrogen-bond donors (Lipinski definition) is 0. The van der Waals surface area contributed by atoms with Crippen molar-refractivity contribution < 1.29 is 0 Å². The van der Waals surface area contributed by atoms with Gasteiger partial charge in [0.2, 0.25) is 0 Å². The first-order valence-electron chi connectivity index (χ1n) is 6.15. The Kier molecular flexibility index (Phi) is 6.46. The molecule has 90 valence electrons. The van der Waals surface area contributed by atoms with Gasteiger partial charge in [0.15, 0.2) is 0 Å². The molecule has 0 aliphatic rings. The van der Waals surface area contributed by atoms with E-state index in [2.05, 4.69) is 45.7 Å². The molecule has 0 saturated heterocycles. The van der Waals surface area contributed by atoms with Crippen LogP contribution >= 0.6 is 15.9 Å². The molecule has 0 saturated carbocycles. The average Bonchev–Trinajstić information content (AvgIpc) is 2.31. The Hall–Kier alpha value is -0.570. The van der Waals surface area contributed by atoms with Crippen LogP contribution in [0.3, 0.4) is 0 Å². The van der Waals surface area contributed by atoms with Crippen LogP contribution in [0.15, 0.2) is 22.8 Å². The van der Waals surface area contributed by atoms with Crippen molar-refractivity contribution in [3.8, 4) is 0 Å². The van der Waals surface area contributed by atoms with E-state index in [1.165, 1.54) is 25.7 Å². The number of aromatic nitrogens is 1. The van der Waals surface area contributed by atoms with Gasteiger partial charge in [-0.05, 0) is 40.9 Å². The summed E-state index contributed by atoms with van der Waals surface area (Å²) in [6, 6.07) is 4.03. The maximum absolute atomic E-state index is 4.46. The van der Waals surface area contributed by atoms with Gasteiger partial charge in [-0.2, -0.15) is 0 Å². The largest absolute Gasteiger partial charge is 0.356 e. The maximum atomic E-state index is 4.46. The molecule has 0 radical (unpaired) electrons. The summed E-state index contributed by atoms with van der Waals surface area (Å²) in [6.07, 6.45) is 6.78. The Morgan fingerprint density at radius 3 is 2.31 bits per heavy atom. The van der Waals surface area contributed by atoms with Crippen LogP contribution in [0.1, 0.15) is 39.5 Å². The van der Waals surface area contributed by atoms with E-state index < -0.39 is 0 Å². The summed E-state index contributed by atoms with van der Waals surface area (Å²) in [4.78, 5) is 6.85. The summed E-state index contributed by atoms with van der Waals surface area (Å²) in [7, 11) is 0. The Labute approximate surface area is 107 Å². The minimum absolute atomic E-state index is 1.09. The van der Waals surface area contributed by atoms with E-state index >= 15 is 0 Å². The van der Waals surface area contributed by atoms with Gasteiger partial charge >= 0.3 is 0 Å². The molecule has 0 N–H and O–H groups in total. The Balaban J connectivity index is 2.70. The molecule has 0 aliphatic carbocycles. The standard InChI is InChI=1S/C13H21BrN2/c1-3-5-10-16(11-6-4-2)13-12(14)8-7-9-15-13/h7-9H,3-6,10-11H2,1-2H3. The molecule has 0 fully saturated rings. The van der Waals surface area contributed by atoms with Crippen molar-refractivity contribution in [2.75, 3.05) is 18.0 Å². The molecule has 16 heavy (non-hydrogen) atoms. The molecule has 0 unspecified atom stereocenters. The second-order valence-electron chi connectivity index (χ2n) is 4.00. The minimum Gasteiger partial charge on any atom is -0.356 e. The van der Waals surface area contributed by atoms with Gasteiger partial charge in [-0.3, -0.25) is 0 Å². The van der Waals surface area contributed by atoms with E-state index in [1.54, 1.807) is 0 Å². The molecule has 1 aromatic heterocycles. The van der Waals surface area contributed by atoms with E-state index in [4.69, 9.17) is 0 Å². The molecule has 0 atom stereocenters. The Morgan fingerprint density at radius 2 is 1.81 bits per heavy atom. The van der Waals surface area contributed by atoms with Crippen LogP contribution in [-0.2, 0) is 0 Å². The summed E-state index contributed by atoms with van der Waals surface area (Å²) >= 11 is 3.58. The van der Waals surface area contributed by atoms with Crippen molar-refractivity contribution in [2.24, 2.45) is 0 Å². The normalized spacial score (nSPS) is 10.4. The van der Waals surface area contributed by atoms with Crippen LogP contribution in [0.2, 0.25) is 0 Å². The van der Waals surface area contributed by atoms with Crippen molar-refractivity contribution in [1.29, 1.82) is 0 Å². The topological polar surface area (TPSA) is 16.1 Å². The number of hydrogen-bond acceptors (Lipinski definition) is 2. The lowest BCUT2D eigenvalue weighted by molar-refractivity contribution is 0.670. The molecule has 1 heterocycles. The van der Waals surface area contributed by atoms with E-state index in [-0.39, 0.29) is 0 Å². The van der Waals surface area contributed by atoms with Gasteiger partial charge in [-0.15, -0.1) is 0 Å². The molecular weight excluding hydrogens is 264 g/mol. The number of halogens is 1. The second kappa shape index (κ2) is 7.66. The van der Waals surface area contributed by atoms with Crippen LogP contribution in [0, 0.1) is 0 Å². The van der Waals surface area contributed by atoms with E-state index in [1.807, 2.05) is 12.3 Å². The lowest BCUT2D eigenvalue weighted by Crippen LogP contribution is -2.26. The van der Waals surface area contributed by atoms with Crippen LogP contribution < -0.4 is 4.90 Å². The number of unbranched alkanes of at least 4 members (excludes halogenated alkanes) is 2. The van der Waals surface area contributed by atoms with Crippen molar-refractivity contribution >= 4 is 21.7 Å². The third-order valence-electron chi connectivity index (χ3n) is 2.60. The predicted molar refractivity (Wildman–Crippen MR) is 74.0 cm³/mol. The van der Waals surface area contributed by atoms with E-state index in [9.17, 15) is 0 Å². The van der Waals surface area contributed by atoms with Gasteiger partial charge in [-0.1, -0.05) is 26.7 Å². The number of pyridine rings is 1. The molecule has 0 aromatic carbocycles. The van der Waals surface area contributed by atoms with Crippen molar-refractivity contribution in [2.45, 2.75) is 39.5 Å². The number of nitrogens with zero attached hydrogens (tertiary/aromatic N) is 2. The molecule has 0 aliphatic heterocycles. The summed E-state index contributed by atoms with van der Waals surface area (Å²) in [5.41, 5.74) is 0.